The number of hydrogen-bond donors (Lipinski definition) is 1. The Hall–Kier alpha value is -1.77. The lowest BCUT2D eigenvalue weighted by atomic mass is 9.78. The van der Waals surface area contributed by atoms with E-state index in [9.17, 15) is 9.90 Å². The number of ether oxygens (including phenoxy) is 1. The monoisotopic (exact) mass is 272 g/mol. The molecule has 1 aromatic carbocycles. The average Bonchev–Trinajstić information content (AvgIpc) is 2.99. The van der Waals surface area contributed by atoms with Crippen LogP contribution in [0.2, 0.25) is 0 Å². The molecule has 3 nitrogen and oxygen atoms in total. The van der Waals surface area contributed by atoms with Crippen LogP contribution in [0.25, 0.3) is 5.57 Å². The summed E-state index contributed by atoms with van der Waals surface area (Å²) in [5.74, 6) is 0.471. The first-order valence-corrected chi connectivity index (χ1v) is 7.34. The lowest BCUT2D eigenvalue weighted by Crippen LogP contribution is -2.16. The molecule has 0 atom stereocenters. The Morgan fingerprint density at radius 3 is 2.65 bits per heavy atom. The number of methoxy groups -OCH3 is 1. The van der Waals surface area contributed by atoms with Crippen molar-refractivity contribution in [3.05, 3.63) is 34.9 Å². The van der Waals surface area contributed by atoms with Gasteiger partial charge in [-0.25, -0.2) is 4.79 Å². The molecule has 0 unspecified atom stereocenters. The standard InChI is InChI=1S/C17H20O3/c1-20-13-8-6-11-7-9-14(17(18)19)16(15(11)10-13)12-4-2-3-5-12/h6,8,10,12H,2-5,7,9H2,1H3,(H,18,19). The van der Waals surface area contributed by atoms with Crippen molar-refractivity contribution in [1.29, 1.82) is 0 Å². The highest BCUT2D eigenvalue weighted by Crippen LogP contribution is 2.44. The van der Waals surface area contributed by atoms with Crippen LogP contribution in [0, 0.1) is 5.92 Å². The summed E-state index contributed by atoms with van der Waals surface area (Å²) in [4.78, 5) is 11.6. The lowest BCUT2D eigenvalue weighted by molar-refractivity contribution is -0.132. The van der Waals surface area contributed by atoms with Crippen molar-refractivity contribution in [2.45, 2.75) is 38.5 Å². The average molecular weight is 272 g/mol. The Kier molecular flexibility index (Phi) is 3.51. The topological polar surface area (TPSA) is 46.5 Å². The number of carbonyl (C=O) groups is 1. The van der Waals surface area contributed by atoms with E-state index in [-0.39, 0.29) is 0 Å². The molecule has 0 spiro atoms. The van der Waals surface area contributed by atoms with E-state index < -0.39 is 5.97 Å². The summed E-state index contributed by atoms with van der Waals surface area (Å²) in [6.07, 6.45) is 6.12. The van der Waals surface area contributed by atoms with Gasteiger partial charge in [-0.2, -0.15) is 0 Å². The zero-order chi connectivity index (χ0) is 14.1. The number of carboxylic acid groups (broad SMARTS) is 1. The molecule has 3 rings (SSSR count). The predicted molar refractivity (Wildman–Crippen MR) is 77.8 cm³/mol. The number of allylic oxidation sites excluding steroid dienone is 1. The molecule has 0 heterocycles. The van der Waals surface area contributed by atoms with Crippen molar-refractivity contribution >= 4 is 11.5 Å². The molecule has 2 aliphatic carbocycles. The maximum atomic E-state index is 11.6. The van der Waals surface area contributed by atoms with Gasteiger partial charge in [-0.1, -0.05) is 18.9 Å². The minimum Gasteiger partial charge on any atom is -0.497 e. The van der Waals surface area contributed by atoms with Gasteiger partial charge in [-0.05, 0) is 60.4 Å². The molecule has 1 N–H and O–H groups in total. The fourth-order valence-electron chi connectivity index (χ4n) is 3.61. The fraction of sp³-hybridized carbons (Fsp3) is 0.471. The lowest BCUT2D eigenvalue weighted by Gasteiger charge is -2.26. The van der Waals surface area contributed by atoms with Crippen LogP contribution in [0.1, 0.15) is 43.2 Å². The summed E-state index contributed by atoms with van der Waals surface area (Å²) >= 11 is 0. The summed E-state index contributed by atoms with van der Waals surface area (Å²) in [5.41, 5.74) is 4.07. The smallest absolute Gasteiger partial charge is 0.331 e. The third-order valence-electron chi connectivity index (χ3n) is 4.60. The van der Waals surface area contributed by atoms with E-state index >= 15 is 0 Å². The largest absolute Gasteiger partial charge is 0.497 e. The molecule has 1 fully saturated rings. The van der Waals surface area contributed by atoms with E-state index in [1.54, 1.807) is 7.11 Å². The first kappa shape index (κ1) is 13.2. The second kappa shape index (κ2) is 5.31. The number of rotatable bonds is 3. The molecule has 0 amide bonds. The Bertz CT molecular complexity index is 566. The Balaban J connectivity index is 2.14. The molecule has 0 bridgehead atoms. The van der Waals surface area contributed by atoms with Gasteiger partial charge in [-0.15, -0.1) is 0 Å². The molecule has 20 heavy (non-hydrogen) atoms. The van der Waals surface area contributed by atoms with Gasteiger partial charge in [0.1, 0.15) is 5.75 Å². The highest BCUT2D eigenvalue weighted by atomic mass is 16.5. The van der Waals surface area contributed by atoms with Crippen LogP contribution in [0.4, 0.5) is 0 Å². The van der Waals surface area contributed by atoms with Crippen LogP contribution in [-0.4, -0.2) is 18.2 Å². The van der Waals surface area contributed by atoms with E-state index in [0.717, 1.165) is 36.1 Å². The third-order valence-corrected chi connectivity index (χ3v) is 4.60. The molecular weight excluding hydrogens is 252 g/mol. The van der Waals surface area contributed by atoms with Crippen molar-refractivity contribution in [2.75, 3.05) is 7.11 Å². The highest BCUT2D eigenvalue weighted by molar-refractivity contribution is 5.98. The molecule has 0 aliphatic heterocycles. The van der Waals surface area contributed by atoms with Gasteiger partial charge in [0.15, 0.2) is 0 Å². The fourth-order valence-corrected chi connectivity index (χ4v) is 3.61. The molecule has 1 saturated carbocycles. The Morgan fingerprint density at radius 2 is 2.00 bits per heavy atom. The quantitative estimate of drug-likeness (QED) is 0.913. The van der Waals surface area contributed by atoms with Crippen LogP contribution < -0.4 is 4.74 Å². The number of hydrogen-bond acceptors (Lipinski definition) is 2. The van der Waals surface area contributed by atoms with E-state index in [1.807, 2.05) is 12.1 Å². The second-order valence-corrected chi connectivity index (χ2v) is 5.70. The van der Waals surface area contributed by atoms with Gasteiger partial charge in [0.2, 0.25) is 0 Å². The first-order valence-electron chi connectivity index (χ1n) is 7.34. The maximum absolute atomic E-state index is 11.6. The normalized spacial score (nSPS) is 19.1. The highest BCUT2D eigenvalue weighted by Gasteiger charge is 2.30. The van der Waals surface area contributed by atoms with Gasteiger partial charge in [0.25, 0.3) is 0 Å². The van der Waals surface area contributed by atoms with Crippen molar-refractivity contribution in [3.8, 4) is 5.75 Å². The number of fused-ring (bicyclic) bond motifs is 1. The van der Waals surface area contributed by atoms with Crippen LogP contribution in [-0.2, 0) is 11.2 Å². The minimum atomic E-state index is -0.750. The zero-order valence-corrected chi connectivity index (χ0v) is 11.8. The van der Waals surface area contributed by atoms with Gasteiger partial charge < -0.3 is 9.84 Å². The molecule has 0 saturated heterocycles. The second-order valence-electron chi connectivity index (χ2n) is 5.70. The summed E-state index contributed by atoms with van der Waals surface area (Å²) in [6, 6.07) is 6.07. The van der Waals surface area contributed by atoms with E-state index in [0.29, 0.717) is 17.9 Å². The van der Waals surface area contributed by atoms with Crippen LogP contribution >= 0.6 is 0 Å². The molecule has 106 valence electrons. The van der Waals surface area contributed by atoms with Gasteiger partial charge in [0, 0.05) is 5.57 Å². The number of benzene rings is 1. The van der Waals surface area contributed by atoms with Crippen molar-refractivity contribution in [2.24, 2.45) is 5.92 Å². The van der Waals surface area contributed by atoms with E-state index in [4.69, 9.17) is 4.74 Å². The molecule has 3 heteroatoms. The molecular formula is C17H20O3. The summed E-state index contributed by atoms with van der Waals surface area (Å²) in [7, 11) is 1.65. The summed E-state index contributed by atoms with van der Waals surface area (Å²) < 4.78 is 5.32. The summed E-state index contributed by atoms with van der Waals surface area (Å²) in [6.45, 7) is 0. The molecule has 0 radical (unpaired) electrons. The predicted octanol–water partition coefficient (Wildman–Crippen LogP) is 3.67. The molecule has 2 aliphatic rings. The molecule has 1 aromatic rings. The Labute approximate surface area is 119 Å². The third kappa shape index (κ3) is 2.21. The van der Waals surface area contributed by atoms with Crippen molar-refractivity contribution < 1.29 is 14.6 Å². The van der Waals surface area contributed by atoms with Gasteiger partial charge >= 0.3 is 5.97 Å². The summed E-state index contributed by atoms with van der Waals surface area (Å²) in [5, 5.41) is 9.53. The molecule has 0 aromatic heterocycles. The number of aliphatic carboxylic acids is 1. The SMILES string of the molecule is COc1ccc2c(c1)C(C1CCCC1)=C(C(=O)O)CC2. The van der Waals surface area contributed by atoms with E-state index in [2.05, 4.69) is 6.07 Å². The van der Waals surface area contributed by atoms with Gasteiger partial charge in [-0.3, -0.25) is 0 Å². The van der Waals surface area contributed by atoms with Crippen LogP contribution in [0.3, 0.4) is 0 Å². The first-order chi connectivity index (χ1) is 9.70. The van der Waals surface area contributed by atoms with Gasteiger partial charge in [0.05, 0.1) is 7.11 Å². The van der Waals surface area contributed by atoms with Crippen LogP contribution in [0.5, 0.6) is 5.75 Å². The van der Waals surface area contributed by atoms with Crippen LogP contribution in [0.15, 0.2) is 23.8 Å². The van der Waals surface area contributed by atoms with E-state index in [1.165, 1.54) is 18.4 Å². The number of aryl methyl sites for hydroxylation is 1. The Morgan fingerprint density at radius 1 is 1.25 bits per heavy atom. The van der Waals surface area contributed by atoms with Crippen molar-refractivity contribution in [3.63, 3.8) is 0 Å². The maximum Gasteiger partial charge on any atom is 0.331 e. The minimum absolute atomic E-state index is 0.409. The van der Waals surface area contributed by atoms with Crippen molar-refractivity contribution in [1.82, 2.24) is 0 Å². The zero-order valence-electron chi connectivity index (χ0n) is 11.8. The number of carboxylic acids is 1.